The Morgan fingerprint density at radius 3 is 2.25 bits per heavy atom. The van der Waals surface area contributed by atoms with Gasteiger partial charge in [0.2, 0.25) is 10.0 Å². The average Bonchev–Trinajstić information content (AvgIpc) is 2.63. The first-order chi connectivity index (χ1) is 11.6. The molecule has 2 aromatic carbocycles. The molecule has 124 valence electrons. The molecule has 0 N–H and O–H groups in total. The van der Waals surface area contributed by atoms with Crippen LogP contribution in [0.25, 0.3) is 0 Å². The molecule has 5 rings (SSSR count). The predicted octanol–water partition coefficient (Wildman–Crippen LogP) is 4.08. The third-order valence-corrected chi connectivity index (χ3v) is 7.04. The topological polar surface area (TPSA) is 37.4 Å². The van der Waals surface area contributed by atoms with E-state index in [1.54, 1.807) is 16.4 Å². The van der Waals surface area contributed by atoms with Crippen LogP contribution in [0.3, 0.4) is 0 Å². The number of fused-ring (bicyclic) bond motifs is 2. The minimum Gasteiger partial charge on any atom is -0.207 e. The molecule has 0 saturated carbocycles. The first-order valence-corrected chi connectivity index (χ1v) is 9.85. The molecule has 2 aromatic rings. The van der Waals surface area contributed by atoms with E-state index in [1.165, 1.54) is 0 Å². The number of hydrogen-bond donors (Lipinski definition) is 0. The molecule has 0 radical (unpaired) electrons. The van der Waals surface area contributed by atoms with Crippen molar-refractivity contribution in [3.05, 3.63) is 77.9 Å². The van der Waals surface area contributed by atoms with Crippen molar-refractivity contribution in [3.63, 3.8) is 0 Å². The quantitative estimate of drug-likeness (QED) is 0.790. The van der Waals surface area contributed by atoms with Gasteiger partial charge in [-0.25, -0.2) is 8.42 Å². The van der Waals surface area contributed by atoms with Crippen molar-refractivity contribution < 1.29 is 8.42 Å². The standard InChI is InChI=1S/C20H21NO2S/c1-15-7-13-19(14-8-15)24(22,23)21-18-11-9-17(10-12-18)20(21)16-5-3-2-4-6-16/h2-9,11,13-14,17-18,20H,10,12H2,1H3/t17-,18+,20+/m1/s1. The van der Waals surface area contributed by atoms with Gasteiger partial charge in [0.15, 0.2) is 0 Å². The summed E-state index contributed by atoms with van der Waals surface area (Å²) in [6.45, 7) is 1.97. The lowest BCUT2D eigenvalue weighted by molar-refractivity contribution is 0.151. The van der Waals surface area contributed by atoms with E-state index >= 15 is 0 Å². The second-order valence-corrected chi connectivity index (χ2v) is 8.54. The van der Waals surface area contributed by atoms with Gasteiger partial charge < -0.3 is 0 Å². The van der Waals surface area contributed by atoms with E-state index in [2.05, 4.69) is 12.2 Å². The van der Waals surface area contributed by atoms with Crippen molar-refractivity contribution in [1.29, 1.82) is 0 Å². The largest absolute Gasteiger partial charge is 0.244 e. The average molecular weight is 339 g/mol. The Hall–Kier alpha value is -1.91. The lowest BCUT2D eigenvalue weighted by Gasteiger charge is -2.47. The van der Waals surface area contributed by atoms with Gasteiger partial charge in [0.25, 0.3) is 0 Å². The molecule has 0 aromatic heterocycles. The number of aryl methyl sites for hydroxylation is 1. The van der Waals surface area contributed by atoms with Gasteiger partial charge in [-0.2, -0.15) is 4.31 Å². The van der Waals surface area contributed by atoms with Crippen molar-refractivity contribution in [3.8, 4) is 0 Å². The Labute approximate surface area is 143 Å². The summed E-state index contributed by atoms with van der Waals surface area (Å²) in [7, 11) is -3.52. The zero-order valence-electron chi connectivity index (χ0n) is 13.7. The number of benzene rings is 2. The lowest BCUT2D eigenvalue weighted by Crippen LogP contribution is -2.50. The summed E-state index contributed by atoms with van der Waals surface area (Å²) in [5, 5.41) is 0. The van der Waals surface area contributed by atoms with Crippen LogP contribution in [0.1, 0.15) is 30.0 Å². The Kier molecular flexibility index (Phi) is 3.82. The van der Waals surface area contributed by atoms with E-state index in [-0.39, 0.29) is 18.0 Å². The smallest absolute Gasteiger partial charge is 0.207 e. The van der Waals surface area contributed by atoms with Crippen molar-refractivity contribution >= 4 is 10.0 Å². The first kappa shape index (κ1) is 15.6. The number of piperidine rings is 1. The monoisotopic (exact) mass is 339 g/mol. The highest BCUT2D eigenvalue weighted by Crippen LogP contribution is 2.46. The molecule has 3 aliphatic rings. The van der Waals surface area contributed by atoms with Crippen molar-refractivity contribution in [2.75, 3.05) is 0 Å². The maximum atomic E-state index is 13.4. The molecule has 3 nitrogen and oxygen atoms in total. The Morgan fingerprint density at radius 2 is 1.62 bits per heavy atom. The molecular formula is C20H21NO2S. The molecule has 0 unspecified atom stereocenters. The highest BCUT2D eigenvalue weighted by molar-refractivity contribution is 7.89. The second-order valence-electron chi connectivity index (χ2n) is 6.70. The molecule has 2 aliphatic heterocycles. The van der Waals surface area contributed by atoms with Crippen LogP contribution in [0, 0.1) is 12.8 Å². The zero-order chi connectivity index (χ0) is 16.7. The van der Waals surface area contributed by atoms with Gasteiger partial charge >= 0.3 is 0 Å². The van der Waals surface area contributed by atoms with E-state index in [0.29, 0.717) is 4.90 Å². The summed E-state index contributed by atoms with van der Waals surface area (Å²) in [5.74, 6) is 0.248. The van der Waals surface area contributed by atoms with Gasteiger partial charge in [-0.1, -0.05) is 60.2 Å². The number of sulfonamides is 1. The molecule has 0 amide bonds. The molecular weight excluding hydrogens is 318 g/mol. The van der Waals surface area contributed by atoms with Crippen LogP contribution in [0.5, 0.6) is 0 Å². The maximum Gasteiger partial charge on any atom is 0.244 e. The van der Waals surface area contributed by atoms with Gasteiger partial charge in [-0.05, 0) is 43.4 Å². The van der Waals surface area contributed by atoms with Gasteiger partial charge in [0.05, 0.1) is 10.9 Å². The third-order valence-electron chi connectivity index (χ3n) is 5.12. The molecule has 2 heterocycles. The normalized spacial score (nSPS) is 26.6. The van der Waals surface area contributed by atoms with E-state index < -0.39 is 10.0 Å². The summed E-state index contributed by atoms with van der Waals surface area (Å²) in [6.07, 6.45) is 6.21. The number of hydrogen-bond acceptors (Lipinski definition) is 2. The Morgan fingerprint density at radius 1 is 0.917 bits per heavy atom. The third kappa shape index (κ3) is 2.50. The van der Waals surface area contributed by atoms with Gasteiger partial charge in [-0.15, -0.1) is 0 Å². The zero-order valence-corrected chi connectivity index (χ0v) is 14.5. The Balaban J connectivity index is 1.82. The van der Waals surface area contributed by atoms with Crippen LogP contribution in [-0.4, -0.2) is 18.8 Å². The van der Waals surface area contributed by atoms with E-state index in [9.17, 15) is 8.42 Å². The predicted molar refractivity (Wildman–Crippen MR) is 95.0 cm³/mol. The van der Waals surface area contributed by atoms with Crippen LogP contribution >= 0.6 is 0 Å². The molecule has 1 fully saturated rings. The molecule has 1 aliphatic carbocycles. The van der Waals surface area contributed by atoms with Crippen LogP contribution in [0.15, 0.2) is 71.6 Å². The van der Waals surface area contributed by atoms with Crippen molar-refractivity contribution in [2.24, 2.45) is 5.92 Å². The minimum atomic E-state index is -3.52. The van der Waals surface area contributed by atoms with Crippen LogP contribution in [0.2, 0.25) is 0 Å². The summed E-state index contributed by atoms with van der Waals surface area (Å²) in [4.78, 5) is 0.384. The summed E-state index contributed by atoms with van der Waals surface area (Å²) >= 11 is 0. The van der Waals surface area contributed by atoms with Gasteiger partial charge in [0, 0.05) is 6.04 Å². The molecule has 2 bridgehead atoms. The molecule has 0 spiro atoms. The highest BCUT2D eigenvalue weighted by Gasteiger charge is 2.45. The van der Waals surface area contributed by atoms with E-state index in [0.717, 1.165) is 24.0 Å². The summed E-state index contributed by atoms with van der Waals surface area (Å²) < 4.78 is 28.5. The van der Waals surface area contributed by atoms with Crippen LogP contribution in [-0.2, 0) is 10.0 Å². The van der Waals surface area contributed by atoms with Crippen LogP contribution in [0.4, 0.5) is 0 Å². The molecule has 4 heteroatoms. The number of rotatable bonds is 3. The maximum absolute atomic E-state index is 13.4. The number of nitrogens with zero attached hydrogens (tertiary/aromatic N) is 1. The van der Waals surface area contributed by atoms with Crippen molar-refractivity contribution in [2.45, 2.75) is 36.7 Å². The van der Waals surface area contributed by atoms with E-state index in [4.69, 9.17) is 0 Å². The Bertz CT molecular complexity index is 856. The van der Waals surface area contributed by atoms with E-state index in [1.807, 2.05) is 49.4 Å². The lowest BCUT2D eigenvalue weighted by atomic mass is 9.79. The summed E-state index contributed by atoms with van der Waals surface area (Å²) in [5.41, 5.74) is 2.14. The van der Waals surface area contributed by atoms with Gasteiger partial charge in [0.1, 0.15) is 0 Å². The first-order valence-electron chi connectivity index (χ1n) is 8.41. The second kappa shape index (κ2) is 5.87. The van der Waals surface area contributed by atoms with Crippen LogP contribution < -0.4 is 0 Å². The molecule has 1 saturated heterocycles. The molecule has 3 atom stereocenters. The summed E-state index contributed by atoms with van der Waals surface area (Å²) in [6, 6.07) is 17.0. The fourth-order valence-electron chi connectivity index (χ4n) is 3.90. The van der Waals surface area contributed by atoms with Gasteiger partial charge in [-0.3, -0.25) is 0 Å². The fourth-order valence-corrected chi connectivity index (χ4v) is 5.73. The van der Waals surface area contributed by atoms with Crippen molar-refractivity contribution in [1.82, 2.24) is 4.31 Å². The minimum absolute atomic E-state index is 0.0495. The highest BCUT2D eigenvalue weighted by atomic mass is 32.2. The fraction of sp³-hybridized carbons (Fsp3) is 0.300. The SMILES string of the molecule is Cc1ccc(S(=O)(=O)N2[C@H]3C=C[C@H](CC3)[C@@H]2c2ccccc2)cc1. The molecule has 24 heavy (non-hydrogen) atoms.